The van der Waals surface area contributed by atoms with Crippen LogP contribution in [0.3, 0.4) is 0 Å². The minimum atomic E-state index is -0.445. The fourth-order valence-corrected chi connectivity index (χ4v) is 2.05. The summed E-state index contributed by atoms with van der Waals surface area (Å²) >= 11 is 0. The first-order chi connectivity index (χ1) is 7.65. The molecule has 0 aliphatic heterocycles. The van der Waals surface area contributed by atoms with Crippen molar-refractivity contribution in [3.8, 4) is 0 Å². The van der Waals surface area contributed by atoms with E-state index in [1.165, 1.54) is 6.07 Å². The van der Waals surface area contributed by atoms with Crippen molar-refractivity contribution in [3.63, 3.8) is 0 Å². The molecule has 2 N–H and O–H groups in total. The fraction of sp³-hybridized carbons (Fsp3) is 0.500. The average Bonchev–Trinajstić information content (AvgIpc) is 2.27. The third-order valence-electron chi connectivity index (χ3n) is 2.98. The molecule has 0 radical (unpaired) electrons. The molecule has 1 aromatic carbocycles. The van der Waals surface area contributed by atoms with Gasteiger partial charge in [0.15, 0.2) is 0 Å². The highest BCUT2D eigenvalue weighted by atomic mass is 19.1. The normalized spacial score (nSPS) is 25.4. The van der Waals surface area contributed by atoms with Crippen molar-refractivity contribution in [1.29, 1.82) is 0 Å². The first-order valence-corrected chi connectivity index (χ1v) is 5.55. The zero-order chi connectivity index (χ0) is 11.5. The first-order valence-electron chi connectivity index (χ1n) is 5.55. The van der Waals surface area contributed by atoms with Gasteiger partial charge in [-0.05, 0) is 43.9 Å². The first kappa shape index (κ1) is 11.3. The summed E-state index contributed by atoms with van der Waals surface area (Å²) < 4.78 is 26.2. The van der Waals surface area contributed by atoms with Gasteiger partial charge in [0.25, 0.3) is 0 Å². The molecule has 2 nitrogen and oxygen atoms in total. The lowest BCUT2D eigenvalue weighted by atomic mass is 9.93. The van der Waals surface area contributed by atoms with E-state index in [0.717, 1.165) is 25.0 Å². The van der Waals surface area contributed by atoms with Gasteiger partial charge in [-0.2, -0.15) is 0 Å². The Morgan fingerprint density at radius 1 is 1.12 bits per heavy atom. The molecule has 1 aliphatic rings. The van der Waals surface area contributed by atoms with E-state index < -0.39 is 11.6 Å². The summed E-state index contributed by atoms with van der Waals surface area (Å²) in [6.45, 7) is 0. The van der Waals surface area contributed by atoms with Crippen LogP contribution >= 0.6 is 0 Å². The monoisotopic (exact) mass is 227 g/mol. The van der Waals surface area contributed by atoms with E-state index in [-0.39, 0.29) is 17.8 Å². The van der Waals surface area contributed by atoms with Crippen LogP contribution in [0.1, 0.15) is 25.7 Å². The third kappa shape index (κ3) is 2.70. The van der Waals surface area contributed by atoms with Crippen LogP contribution in [0.15, 0.2) is 18.2 Å². The van der Waals surface area contributed by atoms with Gasteiger partial charge in [0.1, 0.15) is 11.6 Å². The highest BCUT2D eigenvalue weighted by molar-refractivity contribution is 5.45. The summed E-state index contributed by atoms with van der Waals surface area (Å²) in [6.07, 6.45) is 2.77. The molecule has 0 atom stereocenters. The van der Waals surface area contributed by atoms with E-state index in [2.05, 4.69) is 5.32 Å². The Labute approximate surface area is 93.3 Å². The van der Waals surface area contributed by atoms with Gasteiger partial charge in [0, 0.05) is 6.04 Å². The van der Waals surface area contributed by atoms with Gasteiger partial charge < -0.3 is 10.4 Å². The van der Waals surface area contributed by atoms with E-state index in [1.54, 1.807) is 0 Å². The van der Waals surface area contributed by atoms with Crippen LogP contribution in [0, 0.1) is 11.6 Å². The number of benzene rings is 1. The second-order valence-electron chi connectivity index (χ2n) is 4.27. The highest BCUT2D eigenvalue weighted by Gasteiger charge is 2.20. The summed E-state index contributed by atoms with van der Waals surface area (Å²) in [5, 5.41) is 12.3. The van der Waals surface area contributed by atoms with Crippen molar-refractivity contribution in [2.24, 2.45) is 0 Å². The van der Waals surface area contributed by atoms with E-state index in [0.29, 0.717) is 12.8 Å². The van der Waals surface area contributed by atoms with Crippen LogP contribution < -0.4 is 5.32 Å². The fourth-order valence-electron chi connectivity index (χ4n) is 2.05. The smallest absolute Gasteiger partial charge is 0.146 e. The Kier molecular flexibility index (Phi) is 3.39. The molecule has 1 aromatic rings. The topological polar surface area (TPSA) is 32.3 Å². The van der Waals surface area contributed by atoms with Crippen LogP contribution in [0.5, 0.6) is 0 Å². The van der Waals surface area contributed by atoms with E-state index in [9.17, 15) is 13.9 Å². The Hall–Kier alpha value is -1.16. The van der Waals surface area contributed by atoms with E-state index >= 15 is 0 Å². The number of rotatable bonds is 2. The van der Waals surface area contributed by atoms with Crippen molar-refractivity contribution in [1.82, 2.24) is 0 Å². The third-order valence-corrected chi connectivity index (χ3v) is 2.98. The van der Waals surface area contributed by atoms with Crippen molar-refractivity contribution in [3.05, 3.63) is 29.8 Å². The van der Waals surface area contributed by atoms with Crippen molar-refractivity contribution in [2.75, 3.05) is 5.32 Å². The molecule has 0 unspecified atom stereocenters. The summed E-state index contributed by atoms with van der Waals surface area (Å²) in [5.41, 5.74) is 0.210. The van der Waals surface area contributed by atoms with Gasteiger partial charge in [0.05, 0.1) is 11.8 Å². The molecule has 16 heavy (non-hydrogen) atoms. The quantitative estimate of drug-likeness (QED) is 0.814. The lowest BCUT2D eigenvalue weighted by Gasteiger charge is -2.27. The molecule has 2 rings (SSSR count). The summed E-state index contributed by atoms with van der Waals surface area (Å²) in [5.74, 6) is -0.882. The van der Waals surface area contributed by atoms with E-state index in [4.69, 9.17) is 0 Å². The van der Waals surface area contributed by atoms with Gasteiger partial charge >= 0.3 is 0 Å². The number of aliphatic hydroxyl groups excluding tert-OH is 1. The van der Waals surface area contributed by atoms with E-state index in [1.807, 2.05) is 0 Å². The lowest BCUT2D eigenvalue weighted by Crippen LogP contribution is -2.28. The zero-order valence-electron chi connectivity index (χ0n) is 8.92. The number of hydrogen-bond acceptors (Lipinski definition) is 2. The average molecular weight is 227 g/mol. The number of nitrogens with one attached hydrogen (secondary N) is 1. The molecule has 0 heterocycles. The SMILES string of the molecule is OC1CCC(Nc2cc(F)ccc2F)CC1. The molecular weight excluding hydrogens is 212 g/mol. The Balaban J connectivity index is 2.00. The molecule has 1 aliphatic carbocycles. The molecule has 4 heteroatoms. The molecule has 1 saturated carbocycles. The Morgan fingerprint density at radius 3 is 2.50 bits per heavy atom. The van der Waals surface area contributed by atoms with Crippen LogP contribution in [0.4, 0.5) is 14.5 Å². The van der Waals surface area contributed by atoms with Gasteiger partial charge in [-0.3, -0.25) is 0 Å². The van der Waals surface area contributed by atoms with Gasteiger partial charge in [-0.25, -0.2) is 8.78 Å². The van der Waals surface area contributed by atoms with Crippen molar-refractivity contribution in [2.45, 2.75) is 37.8 Å². The number of anilines is 1. The molecule has 0 amide bonds. The predicted octanol–water partition coefficient (Wildman–Crippen LogP) is 2.68. The maximum Gasteiger partial charge on any atom is 0.146 e. The van der Waals surface area contributed by atoms with Crippen LogP contribution in [0.2, 0.25) is 0 Å². The summed E-state index contributed by atoms with van der Waals surface area (Å²) in [4.78, 5) is 0. The van der Waals surface area contributed by atoms with Crippen molar-refractivity contribution >= 4 is 5.69 Å². The number of aliphatic hydroxyl groups is 1. The number of halogens is 2. The minimum Gasteiger partial charge on any atom is -0.393 e. The lowest BCUT2D eigenvalue weighted by molar-refractivity contribution is 0.126. The molecule has 0 aromatic heterocycles. The number of hydrogen-bond donors (Lipinski definition) is 2. The maximum absolute atomic E-state index is 13.3. The Bertz CT molecular complexity index is 362. The van der Waals surface area contributed by atoms with Gasteiger partial charge in [-0.15, -0.1) is 0 Å². The minimum absolute atomic E-state index is 0.125. The molecule has 88 valence electrons. The molecule has 0 bridgehead atoms. The largest absolute Gasteiger partial charge is 0.393 e. The van der Waals surface area contributed by atoms with Crippen LogP contribution in [0.25, 0.3) is 0 Å². The zero-order valence-corrected chi connectivity index (χ0v) is 8.92. The predicted molar refractivity (Wildman–Crippen MR) is 58.2 cm³/mol. The molecule has 1 fully saturated rings. The second-order valence-corrected chi connectivity index (χ2v) is 4.27. The van der Waals surface area contributed by atoms with Crippen LogP contribution in [-0.4, -0.2) is 17.3 Å². The van der Waals surface area contributed by atoms with Crippen molar-refractivity contribution < 1.29 is 13.9 Å². The Morgan fingerprint density at radius 2 is 1.81 bits per heavy atom. The summed E-state index contributed by atoms with van der Waals surface area (Å²) in [6, 6.07) is 3.51. The molecular formula is C12H15F2NO. The molecule has 0 saturated heterocycles. The second kappa shape index (κ2) is 4.78. The molecule has 0 spiro atoms. The van der Waals surface area contributed by atoms with Gasteiger partial charge in [-0.1, -0.05) is 0 Å². The maximum atomic E-state index is 13.3. The van der Waals surface area contributed by atoms with Crippen LogP contribution in [-0.2, 0) is 0 Å². The standard InChI is InChI=1S/C12H15F2NO/c13-8-1-6-11(14)12(7-8)15-9-2-4-10(16)5-3-9/h1,6-7,9-10,15-16H,2-5H2. The highest BCUT2D eigenvalue weighted by Crippen LogP contribution is 2.24. The summed E-state index contributed by atoms with van der Waals surface area (Å²) in [7, 11) is 0. The van der Waals surface area contributed by atoms with Gasteiger partial charge in [0.2, 0.25) is 0 Å².